The molecule has 1 atom stereocenters. The van der Waals surface area contributed by atoms with E-state index in [9.17, 15) is 27.1 Å². The summed E-state index contributed by atoms with van der Waals surface area (Å²) in [5.74, 6) is -2.23. The summed E-state index contributed by atoms with van der Waals surface area (Å²) in [6.07, 6.45) is 1.88. The Morgan fingerprint density at radius 1 is 1.13 bits per heavy atom. The lowest BCUT2D eigenvalue weighted by molar-refractivity contribution is -0.147. The third-order valence-corrected chi connectivity index (χ3v) is 9.94. The van der Waals surface area contributed by atoms with Gasteiger partial charge in [-0.2, -0.15) is 13.1 Å². The third-order valence-electron chi connectivity index (χ3n) is 8.08. The van der Waals surface area contributed by atoms with Crippen molar-refractivity contribution in [2.45, 2.75) is 51.2 Å². The number of benzene rings is 2. The van der Waals surface area contributed by atoms with E-state index in [0.29, 0.717) is 29.7 Å². The van der Waals surface area contributed by atoms with Crippen LogP contribution in [0.4, 0.5) is 8.78 Å². The summed E-state index contributed by atoms with van der Waals surface area (Å²) >= 11 is 0. The lowest BCUT2D eigenvalue weighted by Crippen LogP contribution is -2.33. The summed E-state index contributed by atoms with van der Waals surface area (Å²) < 4.78 is 73.6. The van der Waals surface area contributed by atoms with Crippen molar-refractivity contribution in [2.24, 2.45) is 12.5 Å². The number of rotatable bonds is 8. The van der Waals surface area contributed by atoms with Crippen LogP contribution in [-0.2, 0) is 33.1 Å². The first-order valence-corrected chi connectivity index (χ1v) is 16.0. The van der Waals surface area contributed by atoms with E-state index in [1.54, 1.807) is 24.3 Å². The van der Waals surface area contributed by atoms with E-state index in [1.165, 1.54) is 54.3 Å². The van der Waals surface area contributed by atoms with E-state index in [2.05, 4.69) is 15.3 Å². The van der Waals surface area contributed by atoms with E-state index in [4.69, 9.17) is 14.2 Å². The van der Waals surface area contributed by atoms with Crippen molar-refractivity contribution >= 4 is 27.0 Å². The minimum atomic E-state index is -4.09. The highest BCUT2D eigenvalue weighted by molar-refractivity contribution is 7.89. The highest BCUT2D eigenvalue weighted by Crippen LogP contribution is 2.44. The van der Waals surface area contributed by atoms with Gasteiger partial charge < -0.3 is 19.3 Å². The summed E-state index contributed by atoms with van der Waals surface area (Å²) in [5.41, 5.74) is 1.31. The zero-order valence-electron chi connectivity index (χ0n) is 25.8. The van der Waals surface area contributed by atoms with Gasteiger partial charge in [0.15, 0.2) is 5.75 Å². The van der Waals surface area contributed by atoms with Crippen molar-refractivity contribution in [1.29, 1.82) is 0 Å². The fraction of sp³-hybridized carbons (Fsp3) is 0.419. The number of aliphatic carboxylic acids is 1. The summed E-state index contributed by atoms with van der Waals surface area (Å²) in [6, 6.07) is 11.3. The second-order valence-electron chi connectivity index (χ2n) is 11.6. The molecule has 0 unspecified atom stereocenters. The number of hydrogen-bond acceptors (Lipinski definition) is 9. The molecular formula is C31H35F2N5O7S. The standard InChI is InChI=1S/C31H35F2N5O7S/c1-19-8-9-20(15-22(19)18-38-11-6-12-43-13-14-44-28-25(46(38,41)42)7-5-10-34-28)26(31(2,3)29(39)40)21-16-23-27(37(4)36-35-23)24(17-21)45-30(32)33/h5,7-10,15-17,26,30H,6,11-14,18H2,1-4H3,(H,39,40)/t26-/m1/s1. The number of ether oxygens (including phenoxy) is 3. The predicted octanol–water partition coefficient (Wildman–Crippen LogP) is 4.51. The van der Waals surface area contributed by atoms with Gasteiger partial charge in [0.25, 0.3) is 0 Å². The number of carboxylic acid groups (broad SMARTS) is 1. The van der Waals surface area contributed by atoms with Crippen molar-refractivity contribution in [2.75, 3.05) is 26.4 Å². The maximum atomic E-state index is 14.0. The number of carbonyl (C=O) groups is 1. The molecule has 5 rings (SSSR count). The average molecular weight is 660 g/mol. The second-order valence-corrected chi connectivity index (χ2v) is 13.5. The van der Waals surface area contributed by atoms with Crippen molar-refractivity contribution < 1.29 is 41.3 Å². The molecule has 0 saturated heterocycles. The van der Waals surface area contributed by atoms with Crippen molar-refractivity contribution in [3.63, 3.8) is 0 Å². The molecule has 3 heterocycles. The van der Waals surface area contributed by atoms with Gasteiger partial charge in [-0.15, -0.1) is 5.10 Å². The molecule has 0 amide bonds. The highest BCUT2D eigenvalue weighted by atomic mass is 32.2. The first-order valence-electron chi connectivity index (χ1n) is 14.6. The first-order chi connectivity index (χ1) is 21.8. The third kappa shape index (κ3) is 6.66. The van der Waals surface area contributed by atoms with Crippen molar-refractivity contribution in [1.82, 2.24) is 24.3 Å². The Balaban J connectivity index is 1.62. The van der Waals surface area contributed by atoms with Gasteiger partial charge in [0.2, 0.25) is 15.9 Å². The molecule has 12 nitrogen and oxygen atoms in total. The first kappa shape index (κ1) is 33.2. The normalized spacial score (nSPS) is 16.8. The molecule has 1 N–H and O–H groups in total. The zero-order chi connectivity index (χ0) is 33.2. The van der Waals surface area contributed by atoms with E-state index >= 15 is 0 Å². The van der Waals surface area contributed by atoms with Crippen LogP contribution < -0.4 is 9.47 Å². The minimum Gasteiger partial charge on any atom is -0.481 e. The maximum absolute atomic E-state index is 14.0. The molecule has 46 heavy (non-hydrogen) atoms. The topological polar surface area (TPSA) is 146 Å². The zero-order valence-corrected chi connectivity index (χ0v) is 26.6. The summed E-state index contributed by atoms with van der Waals surface area (Å²) in [4.78, 5) is 16.7. The Hall–Kier alpha value is -4.21. The molecule has 2 aromatic carbocycles. The van der Waals surface area contributed by atoms with E-state index < -0.39 is 33.9 Å². The summed E-state index contributed by atoms with van der Waals surface area (Å²) in [7, 11) is -2.55. The molecule has 15 heteroatoms. The summed E-state index contributed by atoms with van der Waals surface area (Å²) in [6.45, 7) is 2.61. The molecule has 0 saturated carbocycles. The molecule has 0 radical (unpaired) electrons. The van der Waals surface area contributed by atoms with Gasteiger partial charge in [-0.25, -0.2) is 18.1 Å². The average Bonchev–Trinajstić information content (AvgIpc) is 3.36. The number of sulfonamides is 1. The minimum absolute atomic E-state index is 0.0204. The molecule has 246 valence electrons. The van der Waals surface area contributed by atoms with Crippen LogP contribution in [0.25, 0.3) is 11.0 Å². The van der Waals surface area contributed by atoms with Gasteiger partial charge in [0.1, 0.15) is 22.5 Å². The maximum Gasteiger partial charge on any atom is 0.387 e. The molecule has 0 bridgehead atoms. The molecule has 1 aliphatic rings. The molecule has 0 aliphatic carbocycles. The number of fused-ring (bicyclic) bond motifs is 2. The largest absolute Gasteiger partial charge is 0.481 e. The van der Waals surface area contributed by atoms with Crippen LogP contribution >= 0.6 is 0 Å². The number of aryl methyl sites for hydroxylation is 2. The van der Waals surface area contributed by atoms with E-state index in [0.717, 1.165) is 5.56 Å². The van der Waals surface area contributed by atoms with Gasteiger partial charge in [-0.3, -0.25) is 4.79 Å². The van der Waals surface area contributed by atoms with Gasteiger partial charge in [-0.05, 0) is 73.7 Å². The monoisotopic (exact) mass is 659 g/mol. The molecule has 0 spiro atoms. The van der Waals surface area contributed by atoms with Crippen LogP contribution in [-0.4, -0.2) is 76.8 Å². The number of aromatic nitrogens is 4. The summed E-state index contributed by atoms with van der Waals surface area (Å²) in [5, 5.41) is 18.3. The van der Waals surface area contributed by atoms with Gasteiger partial charge in [-0.1, -0.05) is 23.4 Å². The van der Waals surface area contributed by atoms with Gasteiger partial charge in [0, 0.05) is 38.9 Å². The Kier molecular flexibility index (Phi) is 9.56. The molecule has 4 aromatic rings. The number of carboxylic acids is 1. The number of nitrogens with zero attached hydrogens (tertiary/aromatic N) is 5. The van der Waals surface area contributed by atoms with Crippen LogP contribution in [0.3, 0.4) is 0 Å². The van der Waals surface area contributed by atoms with Crippen LogP contribution in [0.1, 0.15) is 48.4 Å². The fourth-order valence-corrected chi connectivity index (χ4v) is 7.19. The number of halogens is 2. The van der Waals surface area contributed by atoms with E-state index in [-0.39, 0.29) is 53.9 Å². The molecular weight excluding hydrogens is 624 g/mol. The van der Waals surface area contributed by atoms with Gasteiger partial charge >= 0.3 is 12.6 Å². The fourth-order valence-electron chi connectivity index (χ4n) is 5.65. The number of alkyl halides is 2. The Labute approximate surface area is 264 Å². The second kappa shape index (κ2) is 13.3. The number of hydrogen-bond donors (Lipinski definition) is 1. The quantitative estimate of drug-likeness (QED) is 0.287. The molecule has 1 aliphatic heterocycles. The molecule has 2 aromatic heterocycles. The number of pyridine rings is 1. The predicted molar refractivity (Wildman–Crippen MR) is 162 cm³/mol. The SMILES string of the molecule is Cc1ccc([C@H](c2cc(OC(F)F)c3c(c2)nnn3C)C(C)(C)C(=O)O)cc1CN1CCCOCCOc2ncccc2S1(=O)=O. The van der Waals surface area contributed by atoms with Crippen LogP contribution in [0.15, 0.2) is 53.6 Å². The Morgan fingerprint density at radius 2 is 1.91 bits per heavy atom. The Bertz CT molecular complexity index is 1850. The lowest BCUT2D eigenvalue weighted by atomic mass is 9.70. The highest BCUT2D eigenvalue weighted by Gasteiger charge is 2.40. The van der Waals surface area contributed by atoms with Crippen molar-refractivity contribution in [3.8, 4) is 11.6 Å². The Morgan fingerprint density at radius 3 is 2.65 bits per heavy atom. The van der Waals surface area contributed by atoms with E-state index in [1.807, 2.05) is 6.92 Å². The van der Waals surface area contributed by atoms with Crippen molar-refractivity contribution in [3.05, 3.63) is 70.9 Å². The van der Waals surface area contributed by atoms with Crippen LogP contribution in [0.2, 0.25) is 0 Å². The van der Waals surface area contributed by atoms with Crippen LogP contribution in [0.5, 0.6) is 11.6 Å². The van der Waals surface area contributed by atoms with Gasteiger partial charge in [0.05, 0.1) is 12.0 Å². The lowest BCUT2D eigenvalue weighted by Gasteiger charge is -2.32. The van der Waals surface area contributed by atoms with Crippen LogP contribution in [0, 0.1) is 12.3 Å². The smallest absolute Gasteiger partial charge is 0.387 e. The molecule has 0 fully saturated rings.